The van der Waals surface area contributed by atoms with Gasteiger partial charge in [-0.3, -0.25) is 0 Å². The van der Waals surface area contributed by atoms with Gasteiger partial charge in [-0.05, 0) is 30.5 Å². The van der Waals surface area contributed by atoms with Crippen LogP contribution in [0.1, 0.15) is 11.5 Å². The van der Waals surface area contributed by atoms with Gasteiger partial charge in [0.1, 0.15) is 11.5 Å². The molecular formula is C18H18ClNO3S. The van der Waals surface area contributed by atoms with Crippen molar-refractivity contribution in [1.82, 2.24) is 5.32 Å². The maximum absolute atomic E-state index is 12.6. The monoisotopic (exact) mass is 363 g/mol. The number of hydrogen-bond donors (Lipinski definition) is 1. The van der Waals surface area contributed by atoms with Crippen LogP contribution in [0.15, 0.2) is 57.8 Å². The Morgan fingerprint density at radius 2 is 1.88 bits per heavy atom. The number of benzene rings is 2. The van der Waals surface area contributed by atoms with E-state index in [2.05, 4.69) is 5.32 Å². The summed E-state index contributed by atoms with van der Waals surface area (Å²) in [6, 6.07) is 14.6. The SMILES string of the molecule is Cc1ccc(CNCCS(=O)(=O)c2ccc3ccccc3c2Cl)o1. The fourth-order valence-corrected chi connectivity index (χ4v) is 4.44. The maximum atomic E-state index is 12.6. The fraction of sp³-hybridized carbons (Fsp3) is 0.222. The lowest BCUT2D eigenvalue weighted by molar-refractivity contribution is 0.465. The molecule has 1 heterocycles. The summed E-state index contributed by atoms with van der Waals surface area (Å²) in [5.41, 5.74) is 0. The van der Waals surface area contributed by atoms with Crippen LogP contribution in [0.3, 0.4) is 0 Å². The zero-order valence-corrected chi connectivity index (χ0v) is 14.8. The molecule has 24 heavy (non-hydrogen) atoms. The van der Waals surface area contributed by atoms with Gasteiger partial charge in [-0.2, -0.15) is 0 Å². The third kappa shape index (κ3) is 3.64. The van der Waals surface area contributed by atoms with E-state index in [1.54, 1.807) is 12.1 Å². The molecule has 0 aliphatic rings. The van der Waals surface area contributed by atoms with Crippen molar-refractivity contribution in [2.45, 2.75) is 18.4 Å². The van der Waals surface area contributed by atoms with Crippen molar-refractivity contribution < 1.29 is 12.8 Å². The number of rotatable bonds is 6. The molecule has 2 aromatic carbocycles. The Morgan fingerprint density at radius 1 is 1.08 bits per heavy atom. The first kappa shape index (κ1) is 17.0. The van der Waals surface area contributed by atoms with Crippen molar-refractivity contribution in [3.63, 3.8) is 0 Å². The largest absolute Gasteiger partial charge is 0.465 e. The first-order valence-electron chi connectivity index (χ1n) is 7.63. The Hall–Kier alpha value is -1.82. The first-order chi connectivity index (χ1) is 11.5. The molecule has 0 aliphatic carbocycles. The third-order valence-corrected chi connectivity index (χ3v) is 6.08. The minimum Gasteiger partial charge on any atom is -0.465 e. The molecule has 0 fully saturated rings. The molecule has 0 saturated heterocycles. The number of halogens is 1. The molecule has 4 nitrogen and oxygen atoms in total. The van der Waals surface area contributed by atoms with Crippen molar-refractivity contribution in [3.05, 3.63) is 65.1 Å². The van der Waals surface area contributed by atoms with Crippen molar-refractivity contribution in [2.24, 2.45) is 0 Å². The highest BCUT2D eigenvalue weighted by molar-refractivity contribution is 7.91. The third-order valence-electron chi connectivity index (χ3n) is 3.81. The summed E-state index contributed by atoms with van der Waals surface area (Å²) in [7, 11) is -3.46. The zero-order valence-electron chi connectivity index (χ0n) is 13.3. The van der Waals surface area contributed by atoms with E-state index in [-0.39, 0.29) is 15.7 Å². The molecule has 1 N–H and O–H groups in total. The second kappa shape index (κ2) is 6.97. The van der Waals surface area contributed by atoms with E-state index < -0.39 is 9.84 Å². The summed E-state index contributed by atoms with van der Waals surface area (Å²) in [5.74, 6) is 1.60. The summed E-state index contributed by atoms with van der Waals surface area (Å²) in [6.07, 6.45) is 0. The Balaban J connectivity index is 1.70. The van der Waals surface area contributed by atoms with Gasteiger partial charge in [0.25, 0.3) is 0 Å². The predicted octanol–water partition coefficient (Wildman–Crippen LogP) is 3.96. The van der Waals surface area contributed by atoms with Crippen LogP contribution in [0.25, 0.3) is 10.8 Å². The van der Waals surface area contributed by atoms with Crippen LogP contribution in [0.5, 0.6) is 0 Å². The Labute approximate surface area is 146 Å². The number of nitrogens with one attached hydrogen (secondary N) is 1. The molecule has 0 spiro atoms. The molecule has 0 atom stereocenters. The standard InChI is InChI=1S/C18H18ClNO3S/c1-13-6-8-15(23-13)12-20-10-11-24(21,22)17-9-7-14-4-2-3-5-16(14)18(17)19/h2-9,20H,10-12H2,1H3. The number of furan rings is 1. The van der Waals surface area contributed by atoms with Gasteiger partial charge in [0.05, 0.1) is 22.2 Å². The Kier molecular flexibility index (Phi) is 4.94. The molecule has 1 aromatic heterocycles. The average molecular weight is 364 g/mol. The van der Waals surface area contributed by atoms with Gasteiger partial charge in [0, 0.05) is 11.9 Å². The van der Waals surface area contributed by atoms with Crippen LogP contribution in [0.4, 0.5) is 0 Å². The minimum atomic E-state index is -3.46. The van der Waals surface area contributed by atoms with Gasteiger partial charge in [0.15, 0.2) is 9.84 Å². The average Bonchev–Trinajstić information content (AvgIpc) is 2.97. The van der Waals surface area contributed by atoms with Gasteiger partial charge < -0.3 is 9.73 Å². The Bertz CT molecular complexity index is 963. The second-order valence-electron chi connectivity index (χ2n) is 5.61. The van der Waals surface area contributed by atoms with Crippen LogP contribution in [0.2, 0.25) is 5.02 Å². The fourth-order valence-electron chi connectivity index (χ4n) is 2.56. The van der Waals surface area contributed by atoms with Gasteiger partial charge in [-0.25, -0.2) is 8.42 Å². The summed E-state index contributed by atoms with van der Waals surface area (Å²) >= 11 is 6.32. The highest BCUT2D eigenvalue weighted by Gasteiger charge is 2.19. The van der Waals surface area contributed by atoms with E-state index in [1.807, 2.05) is 43.3 Å². The van der Waals surface area contributed by atoms with E-state index in [1.165, 1.54) is 0 Å². The summed E-state index contributed by atoms with van der Waals surface area (Å²) in [5, 5.41) is 5.04. The molecule has 126 valence electrons. The summed E-state index contributed by atoms with van der Waals surface area (Å²) in [6.45, 7) is 2.69. The molecule has 3 aromatic rings. The highest BCUT2D eigenvalue weighted by atomic mass is 35.5. The second-order valence-corrected chi connectivity index (χ2v) is 8.06. The van der Waals surface area contributed by atoms with Crippen LogP contribution >= 0.6 is 11.6 Å². The number of hydrogen-bond acceptors (Lipinski definition) is 4. The lowest BCUT2D eigenvalue weighted by Gasteiger charge is -2.09. The van der Waals surface area contributed by atoms with E-state index in [0.29, 0.717) is 13.1 Å². The zero-order chi connectivity index (χ0) is 17.2. The van der Waals surface area contributed by atoms with E-state index >= 15 is 0 Å². The van der Waals surface area contributed by atoms with Crippen LogP contribution in [-0.4, -0.2) is 20.7 Å². The molecule has 0 aliphatic heterocycles. The smallest absolute Gasteiger partial charge is 0.181 e. The highest BCUT2D eigenvalue weighted by Crippen LogP contribution is 2.30. The summed E-state index contributed by atoms with van der Waals surface area (Å²) < 4.78 is 30.6. The van der Waals surface area contributed by atoms with Gasteiger partial charge in [-0.15, -0.1) is 0 Å². The van der Waals surface area contributed by atoms with Gasteiger partial charge >= 0.3 is 0 Å². The molecule has 0 unspecified atom stereocenters. The van der Waals surface area contributed by atoms with Crippen LogP contribution in [-0.2, 0) is 16.4 Å². The molecule has 0 radical (unpaired) electrons. The van der Waals surface area contributed by atoms with E-state index in [9.17, 15) is 8.42 Å². The van der Waals surface area contributed by atoms with Crippen LogP contribution in [0, 0.1) is 6.92 Å². The van der Waals surface area contributed by atoms with Gasteiger partial charge in [0.2, 0.25) is 0 Å². The van der Waals surface area contributed by atoms with Crippen molar-refractivity contribution in [1.29, 1.82) is 0 Å². The molecule has 3 rings (SSSR count). The maximum Gasteiger partial charge on any atom is 0.181 e. The number of fused-ring (bicyclic) bond motifs is 1. The van der Waals surface area contributed by atoms with Gasteiger partial charge in [-0.1, -0.05) is 41.9 Å². The summed E-state index contributed by atoms with van der Waals surface area (Å²) in [4.78, 5) is 0.179. The van der Waals surface area contributed by atoms with Crippen molar-refractivity contribution in [3.8, 4) is 0 Å². The van der Waals surface area contributed by atoms with E-state index in [4.69, 9.17) is 16.0 Å². The topological polar surface area (TPSA) is 59.3 Å². The predicted molar refractivity (Wildman–Crippen MR) is 96.2 cm³/mol. The molecule has 6 heteroatoms. The number of aryl methyl sites for hydroxylation is 1. The quantitative estimate of drug-likeness (QED) is 0.673. The molecule has 0 saturated carbocycles. The molecule has 0 amide bonds. The lowest BCUT2D eigenvalue weighted by Crippen LogP contribution is -2.22. The normalized spacial score (nSPS) is 11.9. The van der Waals surface area contributed by atoms with E-state index in [0.717, 1.165) is 22.3 Å². The lowest BCUT2D eigenvalue weighted by atomic mass is 10.1. The molecule has 0 bridgehead atoms. The van der Waals surface area contributed by atoms with Crippen molar-refractivity contribution >= 4 is 32.2 Å². The minimum absolute atomic E-state index is 0.0231. The van der Waals surface area contributed by atoms with Crippen molar-refractivity contribution in [2.75, 3.05) is 12.3 Å². The Morgan fingerprint density at radius 3 is 2.62 bits per heavy atom. The number of sulfone groups is 1. The first-order valence-corrected chi connectivity index (χ1v) is 9.66. The van der Waals surface area contributed by atoms with Crippen LogP contribution < -0.4 is 5.32 Å². The molecular weight excluding hydrogens is 346 g/mol.